The first-order valence-electron chi connectivity index (χ1n) is 24.1. The molecule has 0 saturated carbocycles. The average Bonchev–Trinajstić information content (AvgIpc) is 3.41. The van der Waals surface area contributed by atoms with Crippen LogP contribution in [0.5, 0.6) is 0 Å². The van der Waals surface area contributed by atoms with Gasteiger partial charge in [-0.05, 0) is 118 Å². The Morgan fingerprint density at radius 3 is 1.03 bits per heavy atom. The number of nitrogens with zero attached hydrogens (tertiary/aromatic N) is 4. The van der Waals surface area contributed by atoms with Gasteiger partial charge in [0.2, 0.25) is 0 Å². The second-order valence-corrected chi connectivity index (χ2v) is 26.4. The molecule has 0 aliphatic carbocycles. The van der Waals surface area contributed by atoms with Crippen molar-refractivity contribution in [3.63, 3.8) is 0 Å². The van der Waals surface area contributed by atoms with Crippen molar-refractivity contribution in [2.75, 3.05) is 9.80 Å². The lowest BCUT2D eigenvalue weighted by Gasteiger charge is -2.46. The fourth-order valence-corrected chi connectivity index (χ4v) is 22.4. The van der Waals surface area contributed by atoms with Gasteiger partial charge in [0.05, 0.1) is 23.0 Å². The molecule has 0 bridgehead atoms. The van der Waals surface area contributed by atoms with E-state index in [9.17, 15) is 5.26 Å². The molecular formula is C64H50N4Si2. The molecule has 2 aliphatic rings. The van der Waals surface area contributed by atoms with E-state index in [1.54, 1.807) is 0 Å². The van der Waals surface area contributed by atoms with Gasteiger partial charge in [0.1, 0.15) is 0 Å². The van der Waals surface area contributed by atoms with Gasteiger partial charge in [-0.25, -0.2) is 0 Å². The quantitative estimate of drug-likeness (QED) is 0.149. The van der Waals surface area contributed by atoms with Gasteiger partial charge in [0, 0.05) is 46.3 Å². The van der Waals surface area contributed by atoms with Crippen LogP contribution < -0.4 is 51.3 Å². The van der Waals surface area contributed by atoms with Crippen LogP contribution in [-0.2, 0) is 0 Å². The van der Waals surface area contributed by atoms with Crippen molar-refractivity contribution < 1.29 is 0 Å². The molecule has 12 rings (SSSR count). The van der Waals surface area contributed by atoms with Crippen LogP contribution in [0.15, 0.2) is 231 Å². The predicted octanol–water partition coefficient (Wildman–Crippen LogP) is 10.2. The summed E-state index contributed by atoms with van der Waals surface area (Å²) in [5.41, 5.74) is 13.9. The molecule has 6 heteroatoms. The molecule has 0 unspecified atom stereocenters. The summed E-state index contributed by atoms with van der Waals surface area (Å²) in [7, 11) is -5.86. The first-order valence-corrected chi connectivity index (χ1v) is 28.1. The normalized spacial score (nSPS) is 13.9. The highest BCUT2D eigenvalue weighted by Crippen LogP contribution is 2.48. The summed E-state index contributed by atoms with van der Waals surface area (Å²) in [6, 6.07) is 83.8. The molecule has 0 radical (unpaired) electrons. The first kappa shape index (κ1) is 43.0. The number of hydrogen-bond donors (Lipinski definition) is 0. The van der Waals surface area contributed by atoms with E-state index >= 15 is 0 Å². The predicted molar refractivity (Wildman–Crippen MR) is 297 cm³/mol. The first-order chi connectivity index (χ1) is 34.3. The second kappa shape index (κ2) is 17.0. The third kappa shape index (κ3) is 6.50. The van der Waals surface area contributed by atoms with Crippen LogP contribution in [-0.4, -0.2) is 21.1 Å². The molecule has 0 fully saturated rings. The number of benzene rings is 9. The Kier molecular flexibility index (Phi) is 10.4. The van der Waals surface area contributed by atoms with Gasteiger partial charge < -0.3 is 9.80 Å². The lowest BCUT2D eigenvalue weighted by molar-refractivity contribution is 1.23. The number of pyridine rings is 1. The maximum atomic E-state index is 10.7. The van der Waals surface area contributed by atoms with Crippen molar-refractivity contribution in [1.29, 1.82) is 5.26 Å². The number of rotatable bonds is 7. The van der Waals surface area contributed by atoms with Crippen molar-refractivity contribution in [2.45, 2.75) is 27.7 Å². The Hall–Kier alpha value is -8.35. The largest absolute Gasteiger partial charge is 0.310 e. The maximum absolute atomic E-state index is 10.7. The molecule has 0 N–H and O–H groups in total. The summed E-state index contributed by atoms with van der Waals surface area (Å²) < 4.78 is 0. The van der Waals surface area contributed by atoms with Gasteiger partial charge >= 0.3 is 0 Å². The number of nitriles is 1. The van der Waals surface area contributed by atoms with Gasteiger partial charge in [0.15, 0.2) is 16.1 Å². The number of aromatic nitrogens is 1. The molecule has 0 spiro atoms. The summed E-state index contributed by atoms with van der Waals surface area (Å²) in [5.74, 6) is 0. The SMILES string of the molecule is Cc1ccc2c(c1)[Si](c1ccccc1)(c1ccccc1)c1cc(C)ccc1N2c1ccncc1-c1cc(C#N)ccc1N1c2ccc(C)cc2[Si](c2ccccc2)(c2ccccc2)c2cc(C)ccc21. The Balaban J connectivity index is 1.15. The summed E-state index contributed by atoms with van der Waals surface area (Å²) in [6.07, 6.45) is 3.92. The zero-order chi connectivity index (χ0) is 47.6. The van der Waals surface area contributed by atoms with Crippen LogP contribution in [0.2, 0.25) is 0 Å². The van der Waals surface area contributed by atoms with Crippen LogP contribution >= 0.6 is 0 Å². The molecule has 70 heavy (non-hydrogen) atoms. The summed E-state index contributed by atoms with van der Waals surface area (Å²) in [5, 5.41) is 21.4. The van der Waals surface area contributed by atoms with E-state index in [1.165, 1.54) is 63.7 Å². The van der Waals surface area contributed by atoms with Crippen LogP contribution in [0.1, 0.15) is 27.8 Å². The smallest absolute Gasteiger partial charge is 0.184 e. The van der Waals surface area contributed by atoms with E-state index in [2.05, 4.69) is 256 Å². The summed E-state index contributed by atoms with van der Waals surface area (Å²) in [6.45, 7) is 8.86. The summed E-state index contributed by atoms with van der Waals surface area (Å²) >= 11 is 0. The van der Waals surface area contributed by atoms with Crippen molar-refractivity contribution >= 4 is 91.8 Å². The number of hydrogen-bond acceptors (Lipinski definition) is 4. The van der Waals surface area contributed by atoms with Gasteiger partial charge in [-0.1, -0.05) is 192 Å². The molecule has 9 aromatic carbocycles. The van der Waals surface area contributed by atoms with Crippen molar-refractivity contribution in [3.8, 4) is 17.2 Å². The monoisotopic (exact) mass is 930 g/mol. The van der Waals surface area contributed by atoms with Crippen molar-refractivity contribution in [2.24, 2.45) is 0 Å². The molecule has 0 amide bonds. The van der Waals surface area contributed by atoms with Crippen molar-refractivity contribution in [1.82, 2.24) is 4.98 Å². The highest BCUT2D eigenvalue weighted by Gasteiger charge is 2.51. The minimum absolute atomic E-state index is 0.585. The van der Waals surface area contributed by atoms with Gasteiger partial charge in [-0.3, -0.25) is 4.98 Å². The fourth-order valence-electron chi connectivity index (χ4n) is 11.8. The molecule has 2 aliphatic heterocycles. The number of fused-ring (bicyclic) bond motifs is 4. The lowest BCUT2D eigenvalue weighted by Crippen LogP contribution is -2.77. The van der Waals surface area contributed by atoms with Crippen LogP contribution in [0, 0.1) is 39.0 Å². The molecule has 334 valence electrons. The Bertz CT molecular complexity index is 3490. The van der Waals surface area contributed by atoms with Gasteiger partial charge in [-0.2, -0.15) is 5.26 Å². The minimum Gasteiger partial charge on any atom is -0.310 e. The molecule has 0 atom stereocenters. The minimum atomic E-state index is -2.94. The third-order valence-electron chi connectivity index (χ3n) is 14.7. The second-order valence-electron chi connectivity index (χ2n) is 19.0. The fraction of sp³-hybridized carbons (Fsp3) is 0.0625. The van der Waals surface area contributed by atoms with E-state index in [0.29, 0.717) is 5.56 Å². The Labute approximate surface area is 413 Å². The van der Waals surface area contributed by atoms with Crippen LogP contribution in [0.3, 0.4) is 0 Å². The lowest BCUT2D eigenvalue weighted by atomic mass is 9.97. The van der Waals surface area contributed by atoms with Crippen LogP contribution in [0.25, 0.3) is 11.1 Å². The van der Waals surface area contributed by atoms with Crippen molar-refractivity contribution in [3.05, 3.63) is 259 Å². The molecule has 4 nitrogen and oxygen atoms in total. The molecule has 1 aromatic heterocycles. The molecular weight excluding hydrogens is 881 g/mol. The highest BCUT2D eigenvalue weighted by molar-refractivity contribution is 7.22. The van der Waals surface area contributed by atoms with E-state index < -0.39 is 16.1 Å². The third-order valence-corrected chi connectivity index (χ3v) is 24.3. The zero-order valence-corrected chi connectivity index (χ0v) is 41.7. The number of aryl methyl sites for hydroxylation is 4. The van der Waals surface area contributed by atoms with E-state index in [-0.39, 0.29) is 0 Å². The molecule has 10 aromatic rings. The highest BCUT2D eigenvalue weighted by atomic mass is 28.3. The van der Waals surface area contributed by atoms with Gasteiger partial charge in [-0.15, -0.1) is 0 Å². The Morgan fingerprint density at radius 2 is 0.686 bits per heavy atom. The number of anilines is 6. The Morgan fingerprint density at radius 1 is 0.357 bits per heavy atom. The van der Waals surface area contributed by atoms with E-state index in [0.717, 1.165) is 45.3 Å². The maximum Gasteiger partial charge on any atom is 0.184 e. The summed E-state index contributed by atoms with van der Waals surface area (Å²) in [4.78, 5) is 9.88. The average molecular weight is 931 g/mol. The van der Waals surface area contributed by atoms with Gasteiger partial charge in [0.25, 0.3) is 0 Å². The van der Waals surface area contributed by atoms with E-state index in [4.69, 9.17) is 4.98 Å². The zero-order valence-electron chi connectivity index (χ0n) is 39.7. The van der Waals surface area contributed by atoms with Crippen LogP contribution in [0.4, 0.5) is 34.1 Å². The molecule has 3 heterocycles. The molecule has 0 saturated heterocycles. The topological polar surface area (TPSA) is 43.2 Å². The van der Waals surface area contributed by atoms with E-state index in [1.807, 2.05) is 18.5 Å². The standard InChI is InChI=1S/C64H50N4Si2/c1-44-25-30-57-61(37-44)69(49-17-9-5-10-18-49,50-19-11-6-12-20-50)62-38-45(2)26-31-58(62)67(57)55-34-29-48(42-65)41-53(55)54-43-66-36-35-56(54)68-59-32-27-46(3)39-63(59)70(51-21-13-7-14-22-51,52-23-15-8-16-24-52)64-40-47(4)28-33-60(64)68/h5-41,43H,1-4H3.